The molecule has 90 valence electrons. The monoisotopic (exact) mass is 233 g/mol. The average Bonchev–Trinajstić information content (AvgIpc) is 2.39. The molecule has 0 atom stereocenters. The smallest absolute Gasteiger partial charge is 0.343 e. The summed E-state index contributed by atoms with van der Waals surface area (Å²) in [5, 5.41) is 2.79. The van der Waals surface area contributed by atoms with E-state index in [2.05, 4.69) is 10.1 Å². The fourth-order valence-electron chi connectivity index (χ4n) is 1.38. The summed E-state index contributed by atoms with van der Waals surface area (Å²) in [6.07, 6.45) is 0. The second-order valence-corrected chi connectivity index (χ2v) is 3.44. The number of rotatable bonds is 4. The molecule has 0 spiro atoms. The van der Waals surface area contributed by atoms with Crippen molar-refractivity contribution in [2.24, 2.45) is 0 Å². The van der Waals surface area contributed by atoms with E-state index < -0.39 is 5.97 Å². The van der Waals surface area contributed by atoms with Crippen molar-refractivity contribution >= 4 is 11.8 Å². The summed E-state index contributed by atoms with van der Waals surface area (Å²) in [6, 6.07) is 8.62. The van der Waals surface area contributed by atoms with E-state index in [-0.39, 0.29) is 11.4 Å². The first kappa shape index (κ1) is 13.0. The first-order chi connectivity index (χ1) is 8.11. The second-order valence-electron chi connectivity index (χ2n) is 3.44. The van der Waals surface area contributed by atoms with Crippen LogP contribution in [-0.2, 0) is 9.53 Å². The first-order valence-electron chi connectivity index (χ1n) is 5.18. The van der Waals surface area contributed by atoms with Crippen LogP contribution in [0, 0.1) is 0 Å². The van der Waals surface area contributed by atoms with E-state index in [4.69, 9.17) is 0 Å². The van der Waals surface area contributed by atoms with E-state index >= 15 is 0 Å². The summed E-state index contributed by atoms with van der Waals surface area (Å²) in [4.78, 5) is 23.7. The van der Waals surface area contributed by atoms with E-state index in [1.54, 1.807) is 38.2 Å². The van der Waals surface area contributed by atoms with Crippen LogP contribution >= 0.6 is 0 Å². The molecule has 0 unspecified atom stereocenters. The predicted octanol–water partition coefficient (Wildman–Crippen LogP) is 1.54. The van der Waals surface area contributed by atoms with Gasteiger partial charge in [-0.15, -0.1) is 0 Å². The largest absolute Gasteiger partial charge is 0.465 e. The molecule has 0 saturated carbocycles. The standard InChI is InChI=1S/C13H15NO3/c1-9(14-2)11(13(16)17-3)12(15)10-7-5-4-6-8-10/h4-8,14H,1-3H3/b11-9+. The fraction of sp³-hybridized carbons (Fsp3) is 0.231. The van der Waals surface area contributed by atoms with Crippen LogP contribution < -0.4 is 5.32 Å². The molecule has 0 aliphatic carbocycles. The highest BCUT2D eigenvalue weighted by Gasteiger charge is 2.22. The lowest BCUT2D eigenvalue weighted by Gasteiger charge is -2.09. The van der Waals surface area contributed by atoms with Gasteiger partial charge in [0.1, 0.15) is 5.57 Å². The SMILES string of the molecule is CN/C(C)=C(/C(=O)OC)C(=O)c1ccccc1. The summed E-state index contributed by atoms with van der Waals surface area (Å²) >= 11 is 0. The minimum atomic E-state index is -0.634. The number of carbonyl (C=O) groups is 2. The van der Waals surface area contributed by atoms with Crippen molar-refractivity contribution in [3.63, 3.8) is 0 Å². The van der Waals surface area contributed by atoms with E-state index in [1.807, 2.05) is 6.07 Å². The Morgan fingerprint density at radius 1 is 1.18 bits per heavy atom. The number of ether oxygens (including phenoxy) is 1. The van der Waals surface area contributed by atoms with Crippen molar-refractivity contribution in [2.45, 2.75) is 6.92 Å². The van der Waals surface area contributed by atoms with Gasteiger partial charge in [-0.3, -0.25) is 4.79 Å². The lowest BCUT2D eigenvalue weighted by atomic mass is 10.0. The van der Waals surface area contributed by atoms with Gasteiger partial charge in [0.25, 0.3) is 0 Å². The van der Waals surface area contributed by atoms with Crippen LogP contribution in [0.2, 0.25) is 0 Å². The zero-order chi connectivity index (χ0) is 12.8. The van der Waals surface area contributed by atoms with Crippen LogP contribution in [0.3, 0.4) is 0 Å². The summed E-state index contributed by atoms with van der Waals surface area (Å²) in [6.45, 7) is 1.66. The number of carbonyl (C=O) groups excluding carboxylic acids is 2. The van der Waals surface area contributed by atoms with Crippen LogP contribution in [-0.4, -0.2) is 25.9 Å². The number of hydrogen-bond acceptors (Lipinski definition) is 4. The second kappa shape index (κ2) is 5.84. The molecule has 0 saturated heterocycles. The third-order valence-corrected chi connectivity index (χ3v) is 2.40. The van der Waals surface area contributed by atoms with Crippen LogP contribution in [0.4, 0.5) is 0 Å². The Bertz CT molecular complexity index is 449. The molecule has 0 amide bonds. The van der Waals surface area contributed by atoms with E-state index in [9.17, 15) is 9.59 Å². The van der Waals surface area contributed by atoms with Gasteiger partial charge in [0.05, 0.1) is 7.11 Å². The first-order valence-corrected chi connectivity index (χ1v) is 5.18. The summed E-state index contributed by atoms with van der Waals surface area (Å²) < 4.78 is 4.62. The number of esters is 1. The third kappa shape index (κ3) is 2.93. The molecule has 4 heteroatoms. The van der Waals surface area contributed by atoms with Crippen molar-refractivity contribution in [3.8, 4) is 0 Å². The summed E-state index contributed by atoms with van der Waals surface area (Å²) in [7, 11) is 2.90. The molecule has 0 aromatic heterocycles. The zero-order valence-corrected chi connectivity index (χ0v) is 10.1. The molecule has 0 aliphatic rings. The van der Waals surface area contributed by atoms with Crippen LogP contribution in [0.1, 0.15) is 17.3 Å². The van der Waals surface area contributed by atoms with Crippen molar-refractivity contribution in [3.05, 3.63) is 47.2 Å². The maximum absolute atomic E-state index is 12.1. The van der Waals surface area contributed by atoms with Gasteiger partial charge in [0.2, 0.25) is 5.78 Å². The highest BCUT2D eigenvalue weighted by atomic mass is 16.5. The summed E-state index contributed by atoms with van der Waals surface area (Å²) in [5.41, 5.74) is 0.981. The number of nitrogens with one attached hydrogen (secondary N) is 1. The Balaban J connectivity index is 3.18. The van der Waals surface area contributed by atoms with Gasteiger partial charge in [0.15, 0.2) is 0 Å². The predicted molar refractivity (Wildman–Crippen MR) is 64.5 cm³/mol. The lowest BCUT2D eigenvalue weighted by molar-refractivity contribution is -0.135. The maximum Gasteiger partial charge on any atom is 0.343 e. The van der Waals surface area contributed by atoms with Gasteiger partial charge < -0.3 is 10.1 Å². The number of Topliss-reactive ketones (excluding diaryl/α,β-unsaturated/α-hetero) is 1. The van der Waals surface area contributed by atoms with E-state index in [1.165, 1.54) is 7.11 Å². The molecule has 4 nitrogen and oxygen atoms in total. The Morgan fingerprint density at radius 3 is 2.24 bits per heavy atom. The fourth-order valence-corrected chi connectivity index (χ4v) is 1.38. The van der Waals surface area contributed by atoms with Crippen molar-refractivity contribution in [2.75, 3.05) is 14.2 Å². The van der Waals surface area contributed by atoms with Gasteiger partial charge in [-0.05, 0) is 6.92 Å². The van der Waals surface area contributed by atoms with Crippen LogP contribution in [0.15, 0.2) is 41.6 Å². The zero-order valence-electron chi connectivity index (χ0n) is 10.1. The Kier molecular flexibility index (Phi) is 4.46. The van der Waals surface area contributed by atoms with E-state index in [0.717, 1.165) is 0 Å². The molecular weight excluding hydrogens is 218 g/mol. The molecule has 0 heterocycles. The number of ketones is 1. The van der Waals surface area contributed by atoms with E-state index in [0.29, 0.717) is 11.3 Å². The minimum absolute atomic E-state index is 0.0289. The molecule has 1 aromatic rings. The number of allylic oxidation sites excluding steroid dienone is 1. The lowest BCUT2D eigenvalue weighted by Crippen LogP contribution is -2.21. The quantitative estimate of drug-likeness (QED) is 0.282. The normalized spacial score (nSPS) is 11.5. The van der Waals surface area contributed by atoms with Crippen LogP contribution in [0.5, 0.6) is 0 Å². The molecule has 1 N–H and O–H groups in total. The van der Waals surface area contributed by atoms with Crippen molar-refractivity contribution < 1.29 is 14.3 Å². The molecule has 17 heavy (non-hydrogen) atoms. The van der Waals surface area contributed by atoms with Gasteiger partial charge in [0, 0.05) is 18.3 Å². The minimum Gasteiger partial charge on any atom is -0.465 e. The Morgan fingerprint density at radius 2 is 1.76 bits per heavy atom. The Labute approximate surface area is 100 Å². The molecule has 1 aromatic carbocycles. The number of benzene rings is 1. The topological polar surface area (TPSA) is 55.4 Å². The highest BCUT2D eigenvalue weighted by molar-refractivity contribution is 6.24. The van der Waals surface area contributed by atoms with Gasteiger partial charge in [-0.2, -0.15) is 0 Å². The van der Waals surface area contributed by atoms with Gasteiger partial charge in [-0.25, -0.2) is 4.79 Å². The van der Waals surface area contributed by atoms with Gasteiger partial charge in [-0.1, -0.05) is 30.3 Å². The molecule has 0 fully saturated rings. The van der Waals surface area contributed by atoms with Crippen LogP contribution in [0.25, 0.3) is 0 Å². The molecule has 1 rings (SSSR count). The molecule has 0 radical (unpaired) electrons. The highest BCUT2D eigenvalue weighted by Crippen LogP contribution is 2.12. The van der Waals surface area contributed by atoms with Crippen molar-refractivity contribution in [1.29, 1.82) is 0 Å². The maximum atomic E-state index is 12.1. The Hall–Kier alpha value is -2.10. The number of hydrogen-bond donors (Lipinski definition) is 1. The molecular formula is C13H15NO3. The number of methoxy groups -OCH3 is 1. The average molecular weight is 233 g/mol. The summed E-state index contributed by atoms with van der Waals surface area (Å²) in [5.74, 6) is -0.977. The molecule has 0 bridgehead atoms. The molecule has 0 aliphatic heterocycles. The van der Waals surface area contributed by atoms with Gasteiger partial charge >= 0.3 is 5.97 Å². The third-order valence-electron chi connectivity index (χ3n) is 2.40. The van der Waals surface area contributed by atoms with Crippen molar-refractivity contribution in [1.82, 2.24) is 5.32 Å².